The molecule has 0 aliphatic carbocycles. The van der Waals surface area contributed by atoms with Crippen molar-refractivity contribution in [2.75, 3.05) is 37.1 Å². The molecule has 0 radical (unpaired) electrons. The molecule has 5 aromatic carbocycles. The van der Waals surface area contributed by atoms with Gasteiger partial charge in [0, 0.05) is 63.3 Å². The zero-order valence-corrected chi connectivity index (χ0v) is 40.2. The highest BCUT2D eigenvalue weighted by atomic mass is 35.5. The van der Waals surface area contributed by atoms with Gasteiger partial charge >= 0.3 is 0 Å². The van der Waals surface area contributed by atoms with Crippen LogP contribution in [-0.2, 0) is 16.1 Å². The summed E-state index contributed by atoms with van der Waals surface area (Å²) in [4.78, 5) is 44.7. The van der Waals surface area contributed by atoms with Gasteiger partial charge in [0.15, 0.2) is 0 Å². The summed E-state index contributed by atoms with van der Waals surface area (Å²) in [6.45, 7) is 5.57. The maximum absolute atomic E-state index is 14.3. The fraction of sp³-hybridized carbons (Fsp3) is 0.346. The molecule has 2 amide bonds. The van der Waals surface area contributed by atoms with Gasteiger partial charge in [0.2, 0.25) is 11.8 Å². The van der Waals surface area contributed by atoms with Crippen molar-refractivity contribution >= 4 is 57.8 Å². The molecule has 14 nitrogen and oxygen atoms in total. The fourth-order valence-electron chi connectivity index (χ4n) is 9.98. The van der Waals surface area contributed by atoms with Crippen LogP contribution in [0.4, 0.5) is 11.4 Å². The Bertz CT molecular complexity index is 2710. The minimum absolute atomic E-state index is 0.0411. The number of hydrogen-bond acceptors (Lipinski definition) is 12. The number of piperidine rings is 1. The molecule has 4 aliphatic heterocycles. The SMILES string of the molecule is COc1ccc2c(c1)C(c1ccc(Cl)cc1)=N[C@@H](CC(=O)NCc1cccc(C3CCN(C(=O)C[C@@H]4N=C(c5ccc(Cl)cc5)c5cc(OC)ccc5N5C(C)NNC45)CC3)c1)C(N)N2C(C)N. The lowest BCUT2D eigenvalue weighted by Gasteiger charge is -2.36. The molecule has 4 heterocycles. The van der Waals surface area contributed by atoms with Crippen LogP contribution in [0.5, 0.6) is 11.5 Å². The van der Waals surface area contributed by atoms with E-state index in [4.69, 9.17) is 54.1 Å². The van der Waals surface area contributed by atoms with Crippen LogP contribution in [0.1, 0.15) is 78.8 Å². The van der Waals surface area contributed by atoms with Gasteiger partial charge in [0.1, 0.15) is 23.8 Å². The minimum atomic E-state index is -0.693. The number of ether oxygens (including phenoxy) is 2. The number of aliphatic imine (C=N–C) groups is 2. The number of nitrogens with two attached hydrogens (primary N) is 2. The number of carbonyl (C=O) groups excluding carboxylic acids is 2. The Morgan fingerprint density at radius 1 is 0.779 bits per heavy atom. The molecule has 16 heteroatoms. The summed E-state index contributed by atoms with van der Waals surface area (Å²) < 4.78 is 11.2. The molecule has 0 aromatic heterocycles. The maximum atomic E-state index is 14.3. The van der Waals surface area contributed by atoms with Crippen molar-refractivity contribution in [2.24, 2.45) is 21.5 Å². The van der Waals surface area contributed by atoms with Crippen molar-refractivity contribution < 1.29 is 19.1 Å². The van der Waals surface area contributed by atoms with E-state index >= 15 is 0 Å². The number of hydrogen-bond donors (Lipinski definition) is 5. The van der Waals surface area contributed by atoms with Crippen LogP contribution in [0, 0.1) is 0 Å². The number of rotatable bonds is 12. The molecule has 68 heavy (non-hydrogen) atoms. The molecular weight excluding hydrogens is 900 g/mol. The number of nitrogens with one attached hydrogen (secondary N) is 3. The Labute approximate surface area is 407 Å². The third-order valence-electron chi connectivity index (χ3n) is 13.5. The average Bonchev–Trinajstić information content (AvgIpc) is 3.62. The molecule has 7 N–H and O–H groups in total. The highest BCUT2D eigenvalue weighted by Gasteiger charge is 2.42. The number of carbonyl (C=O) groups is 2. The van der Waals surface area contributed by atoms with Crippen LogP contribution in [0.15, 0.2) is 119 Å². The summed E-state index contributed by atoms with van der Waals surface area (Å²) in [6.07, 6.45) is 0.433. The zero-order valence-electron chi connectivity index (χ0n) is 38.7. The van der Waals surface area contributed by atoms with Crippen LogP contribution in [0.2, 0.25) is 10.0 Å². The summed E-state index contributed by atoms with van der Waals surface area (Å²) in [7, 11) is 3.27. The molecule has 6 atom stereocenters. The number of halogens is 2. The van der Waals surface area contributed by atoms with Crippen LogP contribution in [-0.4, -0.2) is 92.2 Å². The van der Waals surface area contributed by atoms with Gasteiger partial charge in [-0.05, 0) is 104 Å². The van der Waals surface area contributed by atoms with Crippen LogP contribution >= 0.6 is 23.2 Å². The van der Waals surface area contributed by atoms with Gasteiger partial charge in [-0.25, -0.2) is 10.9 Å². The molecule has 5 aromatic rings. The van der Waals surface area contributed by atoms with Crippen molar-refractivity contribution in [1.82, 2.24) is 21.1 Å². The van der Waals surface area contributed by atoms with Gasteiger partial charge in [-0.15, -0.1) is 0 Å². The van der Waals surface area contributed by atoms with Crippen LogP contribution in [0.3, 0.4) is 0 Å². The summed E-state index contributed by atoms with van der Waals surface area (Å²) in [5.41, 5.74) is 29.2. The predicted molar refractivity (Wildman–Crippen MR) is 270 cm³/mol. The first-order valence-electron chi connectivity index (χ1n) is 23.2. The second-order valence-electron chi connectivity index (χ2n) is 17.9. The number of benzodiazepines with no additional fused rings is 1. The second kappa shape index (κ2) is 20.3. The molecule has 4 unspecified atom stereocenters. The number of benzene rings is 5. The van der Waals surface area contributed by atoms with Crippen molar-refractivity contribution in [3.05, 3.63) is 153 Å². The summed E-state index contributed by atoms with van der Waals surface area (Å²) >= 11 is 12.6. The first-order chi connectivity index (χ1) is 32.9. The topological polar surface area (TPSA) is 175 Å². The molecule has 2 fully saturated rings. The van der Waals surface area contributed by atoms with Crippen molar-refractivity contribution in [3.8, 4) is 11.5 Å². The maximum Gasteiger partial charge on any atom is 0.224 e. The van der Waals surface area contributed by atoms with Gasteiger partial charge in [-0.1, -0.05) is 71.7 Å². The largest absolute Gasteiger partial charge is 0.497 e. The zero-order chi connectivity index (χ0) is 47.6. The first-order valence-corrected chi connectivity index (χ1v) is 23.9. The van der Waals surface area contributed by atoms with E-state index in [1.54, 1.807) is 14.2 Å². The number of hydrazine groups is 1. The van der Waals surface area contributed by atoms with E-state index in [-0.39, 0.29) is 42.9 Å². The Morgan fingerprint density at radius 3 is 1.97 bits per heavy atom. The number of anilines is 2. The van der Waals surface area contributed by atoms with Gasteiger partial charge in [0.25, 0.3) is 0 Å². The monoisotopic (exact) mass is 956 g/mol. The Kier molecular flexibility index (Phi) is 14.1. The number of nitrogens with zero attached hydrogens (tertiary/aromatic N) is 5. The fourth-order valence-corrected chi connectivity index (χ4v) is 10.2. The number of amides is 2. The third kappa shape index (κ3) is 9.80. The molecule has 2 saturated heterocycles. The smallest absolute Gasteiger partial charge is 0.224 e. The molecule has 4 aliphatic rings. The lowest BCUT2D eigenvalue weighted by atomic mass is 9.88. The van der Waals surface area contributed by atoms with Gasteiger partial charge in [-0.3, -0.25) is 19.6 Å². The van der Waals surface area contributed by atoms with E-state index in [0.717, 1.165) is 63.5 Å². The summed E-state index contributed by atoms with van der Waals surface area (Å²) in [5, 5.41) is 4.37. The molecule has 0 bridgehead atoms. The van der Waals surface area contributed by atoms with Crippen LogP contribution < -0.4 is 46.9 Å². The van der Waals surface area contributed by atoms with Crippen molar-refractivity contribution in [3.63, 3.8) is 0 Å². The van der Waals surface area contributed by atoms with Gasteiger partial charge in [-0.2, -0.15) is 0 Å². The molecular formula is C52H58Cl2N10O4. The lowest BCUT2D eigenvalue weighted by molar-refractivity contribution is -0.132. The third-order valence-corrected chi connectivity index (χ3v) is 14.0. The molecule has 0 saturated carbocycles. The standard InChI is InChI=1S/C52H58Cl2N10O4/c1-30(55)63-45-18-16-39(67-3)25-41(45)49(34-8-12-37(53)13-9-34)58-43(51(63)56)27-47(65)57-29-32-6-5-7-36(24-32)33-20-22-62(23-21-33)48(66)28-44-52-61-60-31(2)64(52)46-19-17-40(68-4)26-42(46)50(59-44)35-10-14-38(54)15-11-35/h5-19,24-26,30-31,33,43-44,51-52,60-61H,20-23,27-29,55-56H2,1-4H3,(H,57,65)/t30?,31?,43-,44-,51?,52?/m0/s1. The van der Waals surface area contributed by atoms with Crippen LogP contribution in [0.25, 0.3) is 0 Å². The second-order valence-corrected chi connectivity index (χ2v) is 18.8. The first kappa shape index (κ1) is 47.1. The molecule has 9 rings (SSSR count). The van der Waals surface area contributed by atoms with E-state index in [1.807, 2.05) is 108 Å². The molecule has 354 valence electrons. The highest BCUT2D eigenvalue weighted by Crippen LogP contribution is 2.38. The predicted octanol–water partition coefficient (Wildman–Crippen LogP) is 6.93. The van der Waals surface area contributed by atoms with Crippen molar-refractivity contribution in [1.29, 1.82) is 0 Å². The van der Waals surface area contributed by atoms with E-state index < -0.39 is 24.4 Å². The van der Waals surface area contributed by atoms with E-state index in [1.165, 1.54) is 5.56 Å². The summed E-state index contributed by atoms with van der Waals surface area (Å²) in [6, 6.07) is 34.2. The number of fused-ring (bicyclic) bond motifs is 4. The highest BCUT2D eigenvalue weighted by molar-refractivity contribution is 6.31. The Balaban J connectivity index is 0.861. The Hall–Kier alpha value is -6.00. The quantitative estimate of drug-likeness (QED) is 0.0882. The lowest BCUT2D eigenvalue weighted by Crippen LogP contribution is -2.56. The normalized spacial score (nSPS) is 21.9. The van der Waals surface area contributed by atoms with E-state index in [9.17, 15) is 9.59 Å². The average molecular weight is 958 g/mol. The minimum Gasteiger partial charge on any atom is -0.497 e. The number of likely N-dealkylation sites (tertiary alicyclic amines) is 1. The Morgan fingerprint density at radius 2 is 1.37 bits per heavy atom. The number of methoxy groups -OCH3 is 2. The van der Waals surface area contributed by atoms with Gasteiger partial charge in [0.05, 0.1) is 62.9 Å². The van der Waals surface area contributed by atoms with Crippen molar-refractivity contribution in [2.45, 2.75) is 88.7 Å². The van der Waals surface area contributed by atoms with E-state index in [2.05, 4.69) is 46.2 Å². The van der Waals surface area contributed by atoms with E-state index in [0.29, 0.717) is 41.1 Å². The summed E-state index contributed by atoms with van der Waals surface area (Å²) in [5.74, 6) is 1.53. The van der Waals surface area contributed by atoms with Gasteiger partial charge < -0.3 is 41.0 Å². The molecule has 0 spiro atoms.